The molecule has 1 aliphatic heterocycles. The zero-order valence-electron chi connectivity index (χ0n) is 11.9. The first-order valence-corrected chi connectivity index (χ1v) is 7.34. The summed E-state index contributed by atoms with van der Waals surface area (Å²) in [5.74, 6) is -0.162. The summed E-state index contributed by atoms with van der Waals surface area (Å²) in [5, 5.41) is 0. The fraction of sp³-hybridized carbons (Fsp3) is 0.316. The maximum atomic E-state index is 12.5. The van der Waals surface area contributed by atoms with Crippen LogP contribution >= 0.6 is 0 Å². The van der Waals surface area contributed by atoms with E-state index in [1.165, 1.54) is 0 Å². The normalized spacial score (nSPS) is 15.3. The Kier molecular flexibility index (Phi) is 5.73. The molecule has 1 unspecified atom stereocenters. The molecule has 1 aliphatic rings. The van der Waals surface area contributed by atoms with Crippen LogP contribution in [0.2, 0.25) is 0 Å². The zero-order chi connectivity index (χ0) is 14.5. The Labute approximate surface area is 132 Å². The van der Waals surface area contributed by atoms with Crippen molar-refractivity contribution in [1.82, 2.24) is 4.90 Å². The Balaban J connectivity index is 0.00000176. The number of hydrogen-bond acceptors (Lipinski definition) is 3. The standard InChI is InChI=1S/C18H19NO2.CH4/c20-18(21-14-15-8-3-1-4-9-15)17(19-12-7-13-19)16-10-5-2-6-11-16;/h1-6,8-11,17H,7,12-14H2;1H4. The highest BCUT2D eigenvalue weighted by Crippen LogP contribution is 2.27. The van der Waals surface area contributed by atoms with E-state index < -0.39 is 0 Å². The highest BCUT2D eigenvalue weighted by Gasteiger charge is 2.32. The molecular formula is C19H23NO2. The van der Waals surface area contributed by atoms with Crippen LogP contribution in [0.1, 0.15) is 31.0 Å². The first-order chi connectivity index (χ1) is 10.3. The number of rotatable bonds is 5. The lowest BCUT2D eigenvalue weighted by Gasteiger charge is -2.37. The van der Waals surface area contributed by atoms with Gasteiger partial charge >= 0.3 is 5.97 Å². The highest BCUT2D eigenvalue weighted by atomic mass is 16.5. The van der Waals surface area contributed by atoms with Crippen molar-refractivity contribution in [1.29, 1.82) is 0 Å². The van der Waals surface area contributed by atoms with E-state index in [-0.39, 0.29) is 19.4 Å². The molecule has 22 heavy (non-hydrogen) atoms. The van der Waals surface area contributed by atoms with E-state index in [9.17, 15) is 4.79 Å². The van der Waals surface area contributed by atoms with Gasteiger partial charge in [0.2, 0.25) is 0 Å². The lowest BCUT2D eigenvalue weighted by Crippen LogP contribution is -2.44. The van der Waals surface area contributed by atoms with Crippen molar-refractivity contribution in [3.8, 4) is 0 Å². The predicted octanol–water partition coefficient (Wildman–Crippen LogP) is 3.81. The average Bonchev–Trinajstić information content (AvgIpc) is 2.50. The number of carbonyl (C=O) groups is 1. The number of hydrogen-bond donors (Lipinski definition) is 0. The van der Waals surface area contributed by atoms with Gasteiger partial charge in [-0.2, -0.15) is 0 Å². The Morgan fingerprint density at radius 1 is 1.00 bits per heavy atom. The third-order valence-electron chi connectivity index (χ3n) is 3.82. The molecule has 0 aliphatic carbocycles. The van der Waals surface area contributed by atoms with Crippen LogP contribution in [0.4, 0.5) is 0 Å². The summed E-state index contributed by atoms with van der Waals surface area (Å²) in [7, 11) is 0. The van der Waals surface area contributed by atoms with E-state index >= 15 is 0 Å². The van der Waals surface area contributed by atoms with E-state index in [4.69, 9.17) is 4.74 Å². The van der Waals surface area contributed by atoms with Gasteiger partial charge in [-0.1, -0.05) is 68.1 Å². The van der Waals surface area contributed by atoms with E-state index in [2.05, 4.69) is 4.90 Å². The van der Waals surface area contributed by atoms with Crippen LogP contribution in [0.3, 0.4) is 0 Å². The fourth-order valence-corrected chi connectivity index (χ4v) is 2.54. The Hall–Kier alpha value is -2.13. The van der Waals surface area contributed by atoms with Crippen LogP contribution in [0.15, 0.2) is 60.7 Å². The monoisotopic (exact) mass is 297 g/mol. The van der Waals surface area contributed by atoms with Crippen molar-refractivity contribution in [3.05, 3.63) is 71.8 Å². The van der Waals surface area contributed by atoms with Crippen LogP contribution in [0.5, 0.6) is 0 Å². The molecule has 116 valence electrons. The second kappa shape index (κ2) is 7.76. The minimum Gasteiger partial charge on any atom is -0.459 e. The molecule has 1 fully saturated rings. The molecule has 0 saturated carbocycles. The Morgan fingerprint density at radius 2 is 1.59 bits per heavy atom. The molecule has 0 N–H and O–H groups in total. The average molecular weight is 297 g/mol. The van der Waals surface area contributed by atoms with Crippen LogP contribution in [-0.4, -0.2) is 24.0 Å². The molecule has 2 aromatic rings. The van der Waals surface area contributed by atoms with Crippen molar-refractivity contribution in [2.24, 2.45) is 0 Å². The summed E-state index contributed by atoms with van der Waals surface area (Å²) >= 11 is 0. The fourth-order valence-electron chi connectivity index (χ4n) is 2.54. The molecule has 1 heterocycles. The van der Waals surface area contributed by atoms with Gasteiger partial charge in [0.1, 0.15) is 12.6 Å². The van der Waals surface area contributed by atoms with Gasteiger partial charge in [-0.3, -0.25) is 4.90 Å². The Morgan fingerprint density at radius 3 is 2.14 bits per heavy atom. The molecule has 0 spiro atoms. The number of esters is 1. The molecule has 0 bridgehead atoms. The molecule has 0 radical (unpaired) electrons. The third kappa shape index (κ3) is 3.74. The van der Waals surface area contributed by atoms with E-state index in [1.807, 2.05) is 60.7 Å². The molecule has 1 saturated heterocycles. The van der Waals surface area contributed by atoms with Crippen LogP contribution < -0.4 is 0 Å². The van der Waals surface area contributed by atoms with E-state index in [0.29, 0.717) is 6.61 Å². The molecule has 2 aromatic carbocycles. The molecule has 0 aromatic heterocycles. The van der Waals surface area contributed by atoms with Crippen LogP contribution in [0, 0.1) is 0 Å². The summed E-state index contributed by atoms with van der Waals surface area (Å²) in [4.78, 5) is 14.7. The molecule has 3 heteroatoms. The van der Waals surface area contributed by atoms with Crippen LogP contribution in [0.25, 0.3) is 0 Å². The van der Waals surface area contributed by atoms with E-state index in [0.717, 1.165) is 30.6 Å². The Bertz CT molecular complexity index is 579. The second-order valence-corrected chi connectivity index (χ2v) is 5.30. The van der Waals surface area contributed by atoms with Gasteiger partial charge < -0.3 is 4.74 Å². The van der Waals surface area contributed by atoms with Crippen molar-refractivity contribution in [2.45, 2.75) is 26.5 Å². The van der Waals surface area contributed by atoms with E-state index in [1.54, 1.807) is 0 Å². The zero-order valence-corrected chi connectivity index (χ0v) is 11.9. The van der Waals surface area contributed by atoms with Crippen molar-refractivity contribution in [3.63, 3.8) is 0 Å². The lowest BCUT2D eigenvalue weighted by atomic mass is 10.0. The highest BCUT2D eigenvalue weighted by molar-refractivity contribution is 5.77. The molecular weight excluding hydrogens is 274 g/mol. The van der Waals surface area contributed by atoms with Gasteiger partial charge in [-0.15, -0.1) is 0 Å². The van der Waals surface area contributed by atoms with Crippen LogP contribution in [-0.2, 0) is 16.1 Å². The van der Waals surface area contributed by atoms with Gasteiger partial charge in [0.15, 0.2) is 0 Å². The summed E-state index contributed by atoms with van der Waals surface area (Å²) in [6.07, 6.45) is 1.15. The van der Waals surface area contributed by atoms with Gasteiger partial charge in [0, 0.05) is 13.1 Å². The molecule has 3 rings (SSSR count). The summed E-state index contributed by atoms with van der Waals surface area (Å²) < 4.78 is 5.52. The quantitative estimate of drug-likeness (QED) is 0.786. The van der Waals surface area contributed by atoms with Gasteiger partial charge in [0.25, 0.3) is 0 Å². The van der Waals surface area contributed by atoms with Crippen molar-refractivity contribution >= 4 is 5.97 Å². The first-order valence-electron chi connectivity index (χ1n) is 7.34. The molecule has 3 nitrogen and oxygen atoms in total. The minimum absolute atomic E-state index is 0. The van der Waals surface area contributed by atoms with Crippen molar-refractivity contribution in [2.75, 3.05) is 13.1 Å². The van der Waals surface area contributed by atoms with Crippen molar-refractivity contribution < 1.29 is 9.53 Å². The summed E-state index contributed by atoms with van der Waals surface area (Å²) in [5.41, 5.74) is 2.02. The summed E-state index contributed by atoms with van der Waals surface area (Å²) in [6.45, 7) is 2.25. The number of benzene rings is 2. The smallest absolute Gasteiger partial charge is 0.328 e. The number of carbonyl (C=O) groups excluding carboxylic acids is 1. The lowest BCUT2D eigenvalue weighted by molar-refractivity contribution is -0.153. The maximum Gasteiger partial charge on any atom is 0.328 e. The van der Waals surface area contributed by atoms with Gasteiger partial charge in [-0.05, 0) is 17.5 Å². The van der Waals surface area contributed by atoms with Gasteiger partial charge in [-0.25, -0.2) is 4.79 Å². The minimum atomic E-state index is -0.274. The predicted molar refractivity (Wildman–Crippen MR) is 88.3 cm³/mol. The maximum absolute atomic E-state index is 12.5. The second-order valence-electron chi connectivity index (χ2n) is 5.30. The third-order valence-corrected chi connectivity index (χ3v) is 3.82. The molecule has 1 atom stereocenters. The summed E-state index contributed by atoms with van der Waals surface area (Å²) in [6, 6.07) is 19.4. The van der Waals surface area contributed by atoms with Gasteiger partial charge in [0.05, 0.1) is 0 Å². The number of nitrogens with zero attached hydrogens (tertiary/aromatic N) is 1. The number of ether oxygens (including phenoxy) is 1. The largest absolute Gasteiger partial charge is 0.459 e. The first kappa shape index (κ1) is 16.2. The molecule has 0 amide bonds. The SMILES string of the molecule is C.O=C(OCc1ccccc1)C(c1ccccc1)N1CCC1. The number of likely N-dealkylation sites (tertiary alicyclic amines) is 1. The topological polar surface area (TPSA) is 29.5 Å².